The summed E-state index contributed by atoms with van der Waals surface area (Å²) >= 11 is 1.31. The first kappa shape index (κ1) is 17.4. The standard InChI is InChI=1S/C18H20N4O2S/c1-13(23)14-4-6-15(7-5-14)20-17(24)12-25-18-19-9-8-16(21-18)22-10-2-3-11-22/h4-9H,2-3,10-12H2,1H3,(H,20,24). The Morgan fingerprint density at radius 3 is 2.56 bits per heavy atom. The third-order valence-corrected chi connectivity index (χ3v) is 4.82. The fourth-order valence-corrected chi connectivity index (χ4v) is 3.26. The van der Waals surface area contributed by atoms with Crippen LogP contribution in [0.5, 0.6) is 0 Å². The number of ketones is 1. The highest BCUT2D eigenvalue weighted by Crippen LogP contribution is 2.21. The van der Waals surface area contributed by atoms with Crippen molar-refractivity contribution >= 4 is 35.0 Å². The fourth-order valence-electron chi connectivity index (χ4n) is 2.64. The highest BCUT2D eigenvalue weighted by atomic mass is 32.2. The van der Waals surface area contributed by atoms with Gasteiger partial charge in [-0.3, -0.25) is 9.59 Å². The molecule has 1 saturated heterocycles. The number of rotatable bonds is 6. The van der Waals surface area contributed by atoms with Gasteiger partial charge in [0, 0.05) is 30.5 Å². The van der Waals surface area contributed by atoms with Crippen LogP contribution in [0.15, 0.2) is 41.7 Å². The minimum absolute atomic E-state index is 0.00321. The molecule has 0 unspecified atom stereocenters. The van der Waals surface area contributed by atoms with E-state index in [1.165, 1.54) is 31.5 Å². The van der Waals surface area contributed by atoms with Crippen molar-refractivity contribution in [1.82, 2.24) is 9.97 Å². The first-order valence-electron chi connectivity index (χ1n) is 8.23. The summed E-state index contributed by atoms with van der Waals surface area (Å²) in [6, 6.07) is 8.76. The van der Waals surface area contributed by atoms with Crippen LogP contribution in [0.2, 0.25) is 0 Å². The lowest BCUT2D eigenvalue weighted by Crippen LogP contribution is -2.19. The number of carbonyl (C=O) groups excluding carboxylic acids is 2. The molecule has 0 bridgehead atoms. The van der Waals surface area contributed by atoms with E-state index in [0.29, 0.717) is 16.4 Å². The summed E-state index contributed by atoms with van der Waals surface area (Å²) in [5, 5.41) is 3.41. The van der Waals surface area contributed by atoms with Crippen LogP contribution in [0.25, 0.3) is 0 Å². The summed E-state index contributed by atoms with van der Waals surface area (Å²) in [4.78, 5) is 34.3. The predicted molar refractivity (Wildman–Crippen MR) is 99.3 cm³/mol. The van der Waals surface area contributed by atoms with Gasteiger partial charge >= 0.3 is 0 Å². The maximum atomic E-state index is 12.1. The van der Waals surface area contributed by atoms with E-state index in [9.17, 15) is 9.59 Å². The van der Waals surface area contributed by atoms with Gasteiger partial charge < -0.3 is 10.2 Å². The van der Waals surface area contributed by atoms with E-state index >= 15 is 0 Å². The van der Waals surface area contributed by atoms with Crippen LogP contribution in [0.1, 0.15) is 30.1 Å². The molecule has 130 valence electrons. The van der Waals surface area contributed by atoms with Crippen LogP contribution in [0.4, 0.5) is 11.5 Å². The Morgan fingerprint density at radius 1 is 1.16 bits per heavy atom. The maximum absolute atomic E-state index is 12.1. The minimum atomic E-state index is -0.129. The van der Waals surface area contributed by atoms with Crippen molar-refractivity contribution in [2.75, 3.05) is 29.1 Å². The van der Waals surface area contributed by atoms with Gasteiger partial charge in [-0.25, -0.2) is 9.97 Å². The smallest absolute Gasteiger partial charge is 0.234 e. The molecule has 1 amide bonds. The van der Waals surface area contributed by atoms with Gasteiger partial charge in [-0.15, -0.1) is 0 Å². The first-order valence-corrected chi connectivity index (χ1v) is 9.22. The summed E-state index contributed by atoms with van der Waals surface area (Å²) in [7, 11) is 0. The van der Waals surface area contributed by atoms with Crippen molar-refractivity contribution in [1.29, 1.82) is 0 Å². The zero-order valence-corrected chi connectivity index (χ0v) is 14.9. The van der Waals surface area contributed by atoms with Crippen molar-refractivity contribution in [3.8, 4) is 0 Å². The number of Topliss-reactive ketones (excluding diaryl/α,β-unsaturated/α-hetero) is 1. The molecular formula is C18H20N4O2S. The normalized spacial score (nSPS) is 13.7. The summed E-state index contributed by atoms with van der Waals surface area (Å²) < 4.78 is 0. The zero-order valence-electron chi connectivity index (χ0n) is 14.1. The Labute approximate surface area is 151 Å². The number of aromatic nitrogens is 2. The van der Waals surface area contributed by atoms with Crippen molar-refractivity contribution < 1.29 is 9.59 Å². The number of benzene rings is 1. The highest BCUT2D eigenvalue weighted by Gasteiger charge is 2.14. The van der Waals surface area contributed by atoms with Crippen LogP contribution in [0, 0.1) is 0 Å². The largest absolute Gasteiger partial charge is 0.356 e. The lowest BCUT2D eigenvalue weighted by Gasteiger charge is -2.16. The summed E-state index contributed by atoms with van der Waals surface area (Å²) in [5.41, 5.74) is 1.29. The Kier molecular flexibility index (Phi) is 5.65. The molecule has 0 radical (unpaired) electrons. The van der Waals surface area contributed by atoms with Crippen molar-refractivity contribution in [2.24, 2.45) is 0 Å². The molecule has 3 rings (SSSR count). The van der Waals surface area contributed by atoms with Gasteiger partial charge in [-0.1, -0.05) is 11.8 Å². The van der Waals surface area contributed by atoms with E-state index in [-0.39, 0.29) is 17.4 Å². The number of carbonyl (C=O) groups is 2. The van der Waals surface area contributed by atoms with E-state index in [2.05, 4.69) is 20.2 Å². The van der Waals surface area contributed by atoms with E-state index in [4.69, 9.17) is 0 Å². The van der Waals surface area contributed by atoms with Gasteiger partial charge in [0.15, 0.2) is 10.9 Å². The molecule has 25 heavy (non-hydrogen) atoms. The van der Waals surface area contributed by atoms with E-state index in [1.54, 1.807) is 30.5 Å². The number of anilines is 2. The maximum Gasteiger partial charge on any atom is 0.234 e. The Morgan fingerprint density at radius 2 is 1.88 bits per heavy atom. The Balaban J connectivity index is 1.53. The van der Waals surface area contributed by atoms with Crippen LogP contribution in [-0.4, -0.2) is 40.5 Å². The molecule has 0 saturated carbocycles. The summed E-state index contributed by atoms with van der Waals surface area (Å²) in [5.74, 6) is 1.03. The van der Waals surface area contributed by atoms with Gasteiger partial charge in [0.1, 0.15) is 5.82 Å². The molecule has 0 spiro atoms. The summed E-state index contributed by atoms with van der Waals surface area (Å²) in [6.07, 6.45) is 4.12. The van der Waals surface area contributed by atoms with E-state index in [1.807, 2.05) is 6.07 Å². The Hall–Kier alpha value is -2.41. The molecule has 1 aromatic carbocycles. The Bertz CT molecular complexity index is 758. The predicted octanol–water partition coefficient (Wildman–Crippen LogP) is 3.01. The number of nitrogens with one attached hydrogen (secondary N) is 1. The molecule has 7 heteroatoms. The monoisotopic (exact) mass is 356 g/mol. The topological polar surface area (TPSA) is 75.2 Å². The molecule has 0 atom stereocenters. The molecular weight excluding hydrogens is 336 g/mol. The SMILES string of the molecule is CC(=O)c1ccc(NC(=O)CSc2nccc(N3CCCC3)n2)cc1. The number of amides is 1. The second kappa shape index (κ2) is 8.11. The second-order valence-corrected chi connectivity index (χ2v) is 6.80. The molecule has 2 aromatic rings. The van der Waals surface area contributed by atoms with Crippen molar-refractivity contribution in [2.45, 2.75) is 24.9 Å². The fraction of sp³-hybridized carbons (Fsp3) is 0.333. The van der Waals surface area contributed by atoms with Crippen LogP contribution in [0.3, 0.4) is 0 Å². The average Bonchev–Trinajstić information content (AvgIpc) is 3.15. The van der Waals surface area contributed by atoms with Crippen LogP contribution >= 0.6 is 11.8 Å². The lowest BCUT2D eigenvalue weighted by molar-refractivity contribution is -0.113. The number of nitrogens with zero attached hydrogens (tertiary/aromatic N) is 3. The molecule has 1 aliphatic heterocycles. The van der Waals surface area contributed by atoms with Gasteiger partial charge in [-0.05, 0) is 50.1 Å². The first-order chi connectivity index (χ1) is 12.1. The third-order valence-electron chi connectivity index (χ3n) is 3.96. The number of hydrogen-bond donors (Lipinski definition) is 1. The molecule has 2 heterocycles. The van der Waals surface area contributed by atoms with Gasteiger partial charge in [0.25, 0.3) is 0 Å². The van der Waals surface area contributed by atoms with Crippen molar-refractivity contribution in [3.63, 3.8) is 0 Å². The molecule has 1 aliphatic rings. The number of thioether (sulfide) groups is 1. The molecule has 0 aliphatic carbocycles. The zero-order chi connectivity index (χ0) is 17.6. The van der Waals surface area contributed by atoms with E-state index < -0.39 is 0 Å². The third kappa shape index (κ3) is 4.79. The van der Waals surface area contributed by atoms with Gasteiger partial charge in [-0.2, -0.15) is 0 Å². The minimum Gasteiger partial charge on any atom is -0.356 e. The molecule has 6 nitrogen and oxygen atoms in total. The van der Waals surface area contributed by atoms with Crippen LogP contribution < -0.4 is 10.2 Å². The number of hydrogen-bond acceptors (Lipinski definition) is 6. The molecule has 1 fully saturated rings. The summed E-state index contributed by atoms with van der Waals surface area (Å²) in [6.45, 7) is 3.57. The second-order valence-electron chi connectivity index (χ2n) is 5.86. The lowest BCUT2D eigenvalue weighted by atomic mass is 10.1. The van der Waals surface area contributed by atoms with Crippen molar-refractivity contribution in [3.05, 3.63) is 42.1 Å². The average molecular weight is 356 g/mol. The van der Waals surface area contributed by atoms with Gasteiger partial charge in [0.2, 0.25) is 5.91 Å². The quantitative estimate of drug-likeness (QED) is 0.487. The van der Waals surface area contributed by atoms with E-state index in [0.717, 1.165) is 18.9 Å². The molecule has 1 N–H and O–H groups in total. The highest BCUT2D eigenvalue weighted by molar-refractivity contribution is 7.99. The molecule has 1 aromatic heterocycles. The van der Waals surface area contributed by atoms with Crippen LogP contribution in [-0.2, 0) is 4.79 Å². The van der Waals surface area contributed by atoms with Gasteiger partial charge in [0.05, 0.1) is 5.75 Å².